The number of unbranched alkanes of at least 4 members (excludes halogenated alkanes) is 12. The summed E-state index contributed by atoms with van der Waals surface area (Å²) in [6, 6.07) is -0.815. The van der Waals surface area contributed by atoms with Crippen molar-refractivity contribution in [1.82, 2.24) is 5.32 Å². The Morgan fingerprint density at radius 3 is 1.58 bits per heavy atom. The number of likely N-dealkylation sites (N-methyl/N-ethyl adjacent to an activating group) is 1. The van der Waals surface area contributed by atoms with Gasteiger partial charge >= 0.3 is 7.82 Å². The lowest BCUT2D eigenvalue weighted by atomic mass is 10.0. The minimum Gasteiger partial charge on any atom is -0.391 e. The molecular formula is C41H76N2O6P+. The summed E-state index contributed by atoms with van der Waals surface area (Å²) in [4.78, 5) is 23.0. The van der Waals surface area contributed by atoms with Crippen LogP contribution in [0.15, 0.2) is 60.8 Å². The number of rotatable bonds is 34. The highest BCUT2D eigenvalue weighted by Gasteiger charge is 2.28. The summed E-state index contributed by atoms with van der Waals surface area (Å²) < 4.78 is 23.5. The van der Waals surface area contributed by atoms with Crippen LogP contribution < -0.4 is 5.32 Å². The fraction of sp³-hybridized carbons (Fsp3) is 0.732. The average molecular weight is 724 g/mol. The molecule has 0 fully saturated rings. The number of nitrogens with zero attached hydrogens (tertiary/aromatic N) is 1. The number of hydrogen-bond acceptors (Lipinski definition) is 5. The Kier molecular flexibility index (Phi) is 31.9. The van der Waals surface area contributed by atoms with Gasteiger partial charge in [-0.2, -0.15) is 0 Å². The van der Waals surface area contributed by atoms with Crippen molar-refractivity contribution < 1.29 is 32.9 Å². The van der Waals surface area contributed by atoms with Gasteiger partial charge in [0.05, 0.1) is 39.9 Å². The first kappa shape index (κ1) is 48.2. The van der Waals surface area contributed by atoms with Gasteiger partial charge in [0.15, 0.2) is 0 Å². The smallest absolute Gasteiger partial charge is 0.391 e. The fourth-order valence-electron chi connectivity index (χ4n) is 5.17. The van der Waals surface area contributed by atoms with Crippen LogP contribution in [-0.2, 0) is 18.4 Å². The Labute approximate surface area is 307 Å². The first-order valence-corrected chi connectivity index (χ1v) is 21.1. The fourth-order valence-corrected chi connectivity index (χ4v) is 5.91. The largest absolute Gasteiger partial charge is 0.472 e. The van der Waals surface area contributed by atoms with E-state index in [1.54, 1.807) is 6.08 Å². The van der Waals surface area contributed by atoms with Crippen LogP contribution in [-0.4, -0.2) is 73.4 Å². The maximum absolute atomic E-state index is 12.8. The standard InChI is InChI=1S/C41H75N2O6P/c1-6-8-10-12-14-16-18-20-21-23-25-27-29-31-33-35-41(45)42-39(38-49-50(46,47)48-37-36-43(3,4)5)40(44)34-32-30-28-26-24-22-19-17-15-13-11-9-7-2/h8,10,14,16,20-21,25,27,31,33,39-40,44H,6-7,9,11-13,15,17-19,22-24,26,28-30,32,34-38H2,1-5H3,(H-,42,45,46,47)/p+1/b10-8-,16-14-,21-20-,27-25-,33-31-. The Hall–Kier alpha value is -1.80. The molecule has 0 aliphatic rings. The number of phosphoric ester groups is 1. The van der Waals surface area contributed by atoms with Crippen LogP contribution in [0.1, 0.15) is 142 Å². The Bertz CT molecular complexity index is 1000. The number of carbonyl (C=O) groups is 1. The number of aliphatic hydroxyl groups excluding tert-OH is 1. The molecule has 3 atom stereocenters. The second-order valence-electron chi connectivity index (χ2n) is 14.3. The van der Waals surface area contributed by atoms with Crippen LogP contribution in [0.5, 0.6) is 0 Å². The number of phosphoric acid groups is 1. The van der Waals surface area contributed by atoms with Gasteiger partial charge in [-0.05, 0) is 38.5 Å². The third-order valence-corrected chi connectivity index (χ3v) is 9.29. The van der Waals surface area contributed by atoms with Crippen molar-refractivity contribution in [3.05, 3.63) is 60.8 Å². The lowest BCUT2D eigenvalue weighted by molar-refractivity contribution is -0.870. The molecule has 0 aromatic rings. The molecule has 290 valence electrons. The maximum Gasteiger partial charge on any atom is 0.472 e. The molecule has 0 aliphatic carbocycles. The highest BCUT2D eigenvalue weighted by molar-refractivity contribution is 7.47. The van der Waals surface area contributed by atoms with Gasteiger partial charge in [-0.3, -0.25) is 13.8 Å². The quantitative estimate of drug-likeness (QED) is 0.0264. The number of nitrogens with one attached hydrogen (secondary N) is 1. The zero-order valence-corrected chi connectivity index (χ0v) is 33.5. The van der Waals surface area contributed by atoms with E-state index in [1.165, 1.54) is 64.2 Å². The lowest BCUT2D eigenvalue weighted by Crippen LogP contribution is -2.46. The number of hydrogen-bond donors (Lipinski definition) is 3. The van der Waals surface area contributed by atoms with Gasteiger partial charge in [-0.25, -0.2) is 4.57 Å². The summed E-state index contributed by atoms with van der Waals surface area (Å²) >= 11 is 0. The van der Waals surface area contributed by atoms with E-state index in [-0.39, 0.29) is 25.5 Å². The molecule has 8 nitrogen and oxygen atoms in total. The average Bonchev–Trinajstić information content (AvgIpc) is 3.06. The van der Waals surface area contributed by atoms with Crippen LogP contribution in [0.4, 0.5) is 0 Å². The molecule has 0 rings (SSSR count). The normalized spacial score (nSPS) is 15.3. The molecule has 3 unspecified atom stereocenters. The zero-order valence-electron chi connectivity index (χ0n) is 32.6. The lowest BCUT2D eigenvalue weighted by Gasteiger charge is -2.26. The summed E-state index contributed by atoms with van der Waals surface area (Å²) in [6.45, 7) is 4.66. The summed E-state index contributed by atoms with van der Waals surface area (Å²) in [7, 11) is 1.55. The molecule has 0 saturated carbocycles. The van der Waals surface area contributed by atoms with Crippen LogP contribution in [0.3, 0.4) is 0 Å². The van der Waals surface area contributed by atoms with Crippen molar-refractivity contribution in [1.29, 1.82) is 0 Å². The summed E-state index contributed by atoms with van der Waals surface area (Å²) in [5.41, 5.74) is 0. The number of amides is 1. The van der Waals surface area contributed by atoms with E-state index in [9.17, 15) is 19.4 Å². The van der Waals surface area contributed by atoms with E-state index in [2.05, 4.69) is 67.8 Å². The summed E-state index contributed by atoms with van der Waals surface area (Å²) in [5, 5.41) is 13.8. The molecule has 0 aliphatic heterocycles. The van der Waals surface area contributed by atoms with Crippen molar-refractivity contribution in [3.63, 3.8) is 0 Å². The molecule has 1 amide bonds. The molecule has 0 heterocycles. The third kappa shape index (κ3) is 34.6. The Morgan fingerprint density at radius 2 is 1.12 bits per heavy atom. The topological polar surface area (TPSA) is 105 Å². The molecule has 0 spiro atoms. The molecule has 0 aromatic carbocycles. The number of allylic oxidation sites excluding steroid dienone is 9. The van der Waals surface area contributed by atoms with Crippen molar-refractivity contribution in [3.8, 4) is 0 Å². The van der Waals surface area contributed by atoms with Gasteiger partial charge in [0.2, 0.25) is 5.91 Å². The van der Waals surface area contributed by atoms with Gasteiger partial charge < -0.3 is 19.8 Å². The van der Waals surface area contributed by atoms with E-state index in [4.69, 9.17) is 9.05 Å². The first-order chi connectivity index (χ1) is 24.0. The van der Waals surface area contributed by atoms with E-state index in [0.717, 1.165) is 51.4 Å². The molecule has 0 bridgehead atoms. The van der Waals surface area contributed by atoms with Crippen LogP contribution in [0.25, 0.3) is 0 Å². The van der Waals surface area contributed by atoms with Gasteiger partial charge in [0.1, 0.15) is 13.2 Å². The third-order valence-electron chi connectivity index (χ3n) is 8.31. The van der Waals surface area contributed by atoms with Gasteiger partial charge in [-0.1, -0.05) is 158 Å². The molecule has 3 N–H and O–H groups in total. The molecule has 0 radical (unpaired) electrons. The number of aliphatic hydroxyl groups is 1. The van der Waals surface area contributed by atoms with Crippen LogP contribution >= 0.6 is 7.82 Å². The van der Waals surface area contributed by atoms with Gasteiger partial charge in [-0.15, -0.1) is 0 Å². The summed E-state index contributed by atoms with van der Waals surface area (Å²) in [6.07, 6.45) is 41.3. The van der Waals surface area contributed by atoms with E-state index in [1.807, 2.05) is 27.2 Å². The van der Waals surface area contributed by atoms with E-state index < -0.39 is 20.0 Å². The van der Waals surface area contributed by atoms with Gasteiger partial charge in [0, 0.05) is 6.42 Å². The second-order valence-corrected chi connectivity index (χ2v) is 15.7. The second kappa shape index (κ2) is 33.1. The predicted molar refractivity (Wildman–Crippen MR) is 212 cm³/mol. The maximum atomic E-state index is 12.8. The minimum absolute atomic E-state index is 0.0554. The summed E-state index contributed by atoms with van der Waals surface area (Å²) in [5.74, 6) is -0.275. The number of quaternary nitrogens is 1. The van der Waals surface area contributed by atoms with E-state index >= 15 is 0 Å². The minimum atomic E-state index is -4.33. The van der Waals surface area contributed by atoms with Crippen molar-refractivity contribution in [2.24, 2.45) is 0 Å². The van der Waals surface area contributed by atoms with Crippen LogP contribution in [0, 0.1) is 0 Å². The first-order valence-electron chi connectivity index (χ1n) is 19.7. The molecule has 50 heavy (non-hydrogen) atoms. The predicted octanol–water partition coefficient (Wildman–Crippen LogP) is 10.3. The van der Waals surface area contributed by atoms with Crippen LogP contribution in [0.2, 0.25) is 0 Å². The highest BCUT2D eigenvalue weighted by Crippen LogP contribution is 2.43. The van der Waals surface area contributed by atoms with Gasteiger partial charge in [0.25, 0.3) is 0 Å². The van der Waals surface area contributed by atoms with Crippen molar-refractivity contribution in [2.45, 2.75) is 154 Å². The van der Waals surface area contributed by atoms with Crippen molar-refractivity contribution in [2.75, 3.05) is 40.9 Å². The molecule has 0 saturated heterocycles. The number of carbonyl (C=O) groups excluding carboxylic acids is 1. The SMILES string of the molecule is CC/C=C\C/C=C\C/C=C\C/C=C\C/C=C\CC(=O)NC(COP(=O)(O)OCC[N+](C)(C)C)C(O)CCCCCCCCCCCCCCC. The zero-order chi connectivity index (χ0) is 37.2. The Balaban J connectivity index is 4.63. The molecule has 0 aromatic heterocycles. The highest BCUT2D eigenvalue weighted by atomic mass is 31.2. The molecular weight excluding hydrogens is 647 g/mol. The monoisotopic (exact) mass is 724 g/mol. The van der Waals surface area contributed by atoms with E-state index in [0.29, 0.717) is 17.4 Å². The van der Waals surface area contributed by atoms with Crippen molar-refractivity contribution >= 4 is 13.7 Å². The molecule has 9 heteroatoms. The Morgan fingerprint density at radius 1 is 0.680 bits per heavy atom.